The van der Waals surface area contributed by atoms with Crippen LogP contribution in [0.25, 0.3) is 0 Å². The lowest BCUT2D eigenvalue weighted by Crippen LogP contribution is -2.56. The number of aliphatic carboxylic acids is 1. The van der Waals surface area contributed by atoms with E-state index in [2.05, 4.69) is 9.69 Å². The average molecular weight is 286 g/mol. The van der Waals surface area contributed by atoms with Crippen molar-refractivity contribution in [3.8, 4) is 0 Å². The van der Waals surface area contributed by atoms with E-state index < -0.39 is 11.5 Å². The molecule has 0 saturated carbocycles. The lowest BCUT2D eigenvalue weighted by atomic mass is 9.92. The molecule has 0 radical (unpaired) electrons. The number of thioether (sulfide) groups is 1. The van der Waals surface area contributed by atoms with Gasteiger partial charge < -0.3 is 10.4 Å². The van der Waals surface area contributed by atoms with Crippen LogP contribution in [-0.2, 0) is 4.79 Å². The predicted molar refractivity (Wildman–Crippen MR) is 71.2 cm³/mol. The highest BCUT2D eigenvalue weighted by molar-refractivity contribution is 7.99. The van der Waals surface area contributed by atoms with E-state index in [0.29, 0.717) is 24.1 Å². The first kappa shape index (κ1) is 13.4. The summed E-state index contributed by atoms with van der Waals surface area (Å²) >= 11 is 2.92. The molecule has 2 heterocycles. The first-order valence-corrected chi connectivity index (χ1v) is 7.59. The summed E-state index contributed by atoms with van der Waals surface area (Å²) in [6, 6.07) is 0. The molecule has 1 fully saturated rings. The molecule has 7 heteroatoms. The van der Waals surface area contributed by atoms with Gasteiger partial charge >= 0.3 is 5.97 Å². The molecule has 1 aromatic rings. The van der Waals surface area contributed by atoms with Crippen LogP contribution in [0.15, 0.2) is 5.38 Å². The Balaban J connectivity index is 2.17. The zero-order valence-corrected chi connectivity index (χ0v) is 11.6. The second-order valence-electron chi connectivity index (χ2n) is 4.27. The highest BCUT2D eigenvalue weighted by atomic mass is 32.2. The summed E-state index contributed by atoms with van der Waals surface area (Å²) in [7, 11) is 0. The van der Waals surface area contributed by atoms with E-state index in [4.69, 9.17) is 0 Å². The number of amides is 1. The number of rotatable bonds is 3. The minimum Gasteiger partial charge on any atom is -0.480 e. The molecule has 0 aliphatic carbocycles. The molecule has 2 rings (SSSR count). The van der Waals surface area contributed by atoms with Gasteiger partial charge in [0, 0.05) is 5.38 Å². The third kappa shape index (κ3) is 2.51. The van der Waals surface area contributed by atoms with Crippen LogP contribution in [0.3, 0.4) is 0 Å². The van der Waals surface area contributed by atoms with Crippen LogP contribution in [0.1, 0.15) is 28.9 Å². The molecule has 98 valence electrons. The number of carbonyl (C=O) groups is 2. The Hall–Kier alpha value is -1.08. The van der Waals surface area contributed by atoms with Crippen molar-refractivity contribution >= 4 is 35.2 Å². The Bertz CT molecular complexity index is 467. The maximum atomic E-state index is 12.1. The van der Waals surface area contributed by atoms with Gasteiger partial charge in [0.15, 0.2) is 0 Å². The Morgan fingerprint density at radius 3 is 2.61 bits per heavy atom. The van der Waals surface area contributed by atoms with Crippen molar-refractivity contribution in [2.75, 3.05) is 11.5 Å². The Kier molecular flexibility index (Phi) is 3.91. The lowest BCUT2D eigenvalue weighted by Gasteiger charge is -2.33. The van der Waals surface area contributed by atoms with E-state index in [1.54, 1.807) is 24.1 Å². The fraction of sp³-hybridized carbons (Fsp3) is 0.545. The topological polar surface area (TPSA) is 79.3 Å². The van der Waals surface area contributed by atoms with Gasteiger partial charge in [-0.15, -0.1) is 0 Å². The van der Waals surface area contributed by atoms with Gasteiger partial charge in [-0.3, -0.25) is 4.79 Å². The molecular formula is C11H14N2O3S2. The van der Waals surface area contributed by atoms with E-state index >= 15 is 0 Å². The van der Waals surface area contributed by atoms with Crippen LogP contribution >= 0.6 is 23.3 Å². The summed E-state index contributed by atoms with van der Waals surface area (Å²) in [5.41, 5.74) is -0.00134. The van der Waals surface area contributed by atoms with E-state index in [1.165, 1.54) is 11.5 Å². The summed E-state index contributed by atoms with van der Waals surface area (Å²) in [5, 5.41) is 13.7. The fourth-order valence-electron chi connectivity index (χ4n) is 1.91. The van der Waals surface area contributed by atoms with Crippen LogP contribution in [0, 0.1) is 6.92 Å². The van der Waals surface area contributed by atoms with Gasteiger partial charge in [0.2, 0.25) is 0 Å². The minimum atomic E-state index is -1.11. The number of carboxylic acid groups (broad SMARTS) is 1. The molecule has 1 aliphatic heterocycles. The van der Waals surface area contributed by atoms with Crippen molar-refractivity contribution in [1.82, 2.24) is 9.69 Å². The molecule has 2 N–H and O–H groups in total. The number of nitrogens with zero attached hydrogens (tertiary/aromatic N) is 1. The Morgan fingerprint density at radius 2 is 2.11 bits per heavy atom. The van der Waals surface area contributed by atoms with Gasteiger partial charge in [0.25, 0.3) is 5.91 Å². The largest absolute Gasteiger partial charge is 0.480 e. The van der Waals surface area contributed by atoms with Gasteiger partial charge in [-0.2, -0.15) is 16.1 Å². The number of aryl methyl sites for hydroxylation is 1. The average Bonchev–Trinajstić information content (AvgIpc) is 2.76. The smallest absolute Gasteiger partial charge is 0.329 e. The summed E-state index contributed by atoms with van der Waals surface area (Å²) in [4.78, 5) is 23.5. The molecule has 1 amide bonds. The summed E-state index contributed by atoms with van der Waals surface area (Å²) in [6.45, 7) is 1.75. The molecule has 5 nitrogen and oxygen atoms in total. The first-order chi connectivity index (χ1) is 8.55. The quantitative estimate of drug-likeness (QED) is 0.881. The Labute approximate surface area is 113 Å². The number of carbonyl (C=O) groups excluding carboxylic acids is 1. The van der Waals surface area contributed by atoms with Crippen molar-refractivity contribution in [2.24, 2.45) is 0 Å². The molecule has 0 bridgehead atoms. The highest BCUT2D eigenvalue weighted by Gasteiger charge is 2.41. The highest BCUT2D eigenvalue weighted by Crippen LogP contribution is 2.28. The van der Waals surface area contributed by atoms with Crippen molar-refractivity contribution in [2.45, 2.75) is 25.3 Å². The van der Waals surface area contributed by atoms with Crippen LogP contribution in [0.5, 0.6) is 0 Å². The Morgan fingerprint density at radius 1 is 1.44 bits per heavy atom. The molecule has 0 aromatic carbocycles. The summed E-state index contributed by atoms with van der Waals surface area (Å²) < 4.78 is 4.03. The van der Waals surface area contributed by atoms with Gasteiger partial charge in [0.1, 0.15) is 5.54 Å². The number of aromatic nitrogens is 1. The van der Waals surface area contributed by atoms with E-state index in [1.807, 2.05) is 0 Å². The third-order valence-corrected chi connectivity index (χ3v) is 4.81. The normalized spacial score (nSPS) is 18.3. The van der Waals surface area contributed by atoms with Crippen LogP contribution in [-0.4, -0.2) is 38.4 Å². The van der Waals surface area contributed by atoms with E-state index in [-0.39, 0.29) is 5.91 Å². The molecule has 1 saturated heterocycles. The molecule has 1 aromatic heterocycles. The standard InChI is InChI=1S/C11H14N2O3S2/c1-7-8(6-18-13-7)9(14)12-11(10(15)16)2-4-17-5-3-11/h6H,2-5H2,1H3,(H,12,14)(H,15,16). The molecule has 0 spiro atoms. The third-order valence-electron chi connectivity index (χ3n) is 3.10. The number of hydrogen-bond donors (Lipinski definition) is 2. The van der Waals surface area contributed by atoms with Gasteiger partial charge in [-0.25, -0.2) is 4.79 Å². The monoisotopic (exact) mass is 286 g/mol. The van der Waals surface area contributed by atoms with Crippen LogP contribution in [0.2, 0.25) is 0 Å². The van der Waals surface area contributed by atoms with E-state index in [0.717, 1.165) is 11.5 Å². The minimum absolute atomic E-state index is 0.337. The summed E-state index contributed by atoms with van der Waals surface area (Å²) in [6.07, 6.45) is 0.935. The van der Waals surface area contributed by atoms with Crippen LogP contribution in [0.4, 0.5) is 0 Å². The molecule has 1 aliphatic rings. The van der Waals surface area contributed by atoms with Crippen molar-refractivity contribution < 1.29 is 14.7 Å². The van der Waals surface area contributed by atoms with E-state index in [9.17, 15) is 14.7 Å². The molecular weight excluding hydrogens is 272 g/mol. The van der Waals surface area contributed by atoms with Crippen LogP contribution < -0.4 is 5.32 Å². The molecule has 0 unspecified atom stereocenters. The van der Waals surface area contributed by atoms with Gasteiger partial charge in [0.05, 0.1) is 11.3 Å². The van der Waals surface area contributed by atoms with Gasteiger partial charge in [-0.05, 0) is 42.8 Å². The second kappa shape index (κ2) is 5.27. The predicted octanol–water partition coefficient (Wildman–Crippen LogP) is 1.53. The summed E-state index contributed by atoms with van der Waals surface area (Å²) in [5.74, 6) is 0.230. The first-order valence-electron chi connectivity index (χ1n) is 5.60. The number of nitrogens with one attached hydrogen (secondary N) is 1. The zero-order chi connectivity index (χ0) is 13.2. The SMILES string of the molecule is Cc1nscc1C(=O)NC1(C(=O)O)CCSCC1. The molecule has 0 atom stereocenters. The maximum Gasteiger partial charge on any atom is 0.329 e. The van der Waals surface area contributed by atoms with Crippen molar-refractivity contribution in [3.63, 3.8) is 0 Å². The van der Waals surface area contributed by atoms with Crippen molar-refractivity contribution in [1.29, 1.82) is 0 Å². The zero-order valence-electron chi connectivity index (χ0n) is 9.93. The number of carboxylic acids is 1. The fourth-order valence-corrected chi connectivity index (χ4v) is 3.79. The molecule has 18 heavy (non-hydrogen) atoms. The lowest BCUT2D eigenvalue weighted by molar-refractivity contribution is -0.144. The van der Waals surface area contributed by atoms with Gasteiger partial charge in [-0.1, -0.05) is 0 Å². The number of hydrogen-bond acceptors (Lipinski definition) is 5. The second-order valence-corrected chi connectivity index (χ2v) is 6.12. The van der Waals surface area contributed by atoms with Crippen molar-refractivity contribution in [3.05, 3.63) is 16.6 Å². The maximum absolute atomic E-state index is 12.1.